The van der Waals surface area contributed by atoms with E-state index in [-0.39, 0.29) is 17.5 Å². The molecule has 1 aromatic carbocycles. The topological polar surface area (TPSA) is 91.2 Å². The number of rotatable bonds is 8. The average molecular weight is 354 g/mol. The molecule has 0 fully saturated rings. The van der Waals surface area contributed by atoms with E-state index < -0.39 is 0 Å². The van der Waals surface area contributed by atoms with Gasteiger partial charge in [0.05, 0.1) is 10.7 Å². The fraction of sp³-hybridized carbons (Fsp3) is 0.438. The van der Waals surface area contributed by atoms with E-state index in [1.807, 2.05) is 0 Å². The Labute approximate surface area is 145 Å². The highest BCUT2D eigenvalue weighted by Gasteiger charge is 2.35. The van der Waals surface area contributed by atoms with E-state index in [9.17, 15) is 9.59 Å². The van der Waals surface area contributed by atoms with Gasteiger partial charge in [0.2, 0.25) is 5.91 Å². The first-order valence-electron chi connectivity index (χ1n) is 7.75. The van der Waals surface area contributed by atoms with Crippen LogP contribution in [0.15, 0.2) is 23.4 Å². The van der Waals surface area contributed by atoms with Crippen LogP contribution < -0.4 is 10.4 Å². The maximum absolute atomic E-state index is 12.5. The van der Waals surface area contributed by atoms with Crippen LogP contribution in [-0.2, 0) is 14.4 Å². The van der Waals surface area contributed by atoms with E-state index in [0.29, 0.717) is 35.7 Å². The Morgan fingerprint density at radius 2 is 2.08 bits per heavy atom. The summed E-state index contributed by atoms with van der Waals surface area (Å²) < 4.78 is 0. The second-order valence-electron chi connectivity index (χ2n) is 5.41. The first kappa shape index (κ1) is 18.2. The predicted octanol–water partition coefficient (Wildman–Crippen LogP) is 2.49. The van der Waals surface area contributed by atoms with Crippen molar-refractivity contribution in [3.63, 3.8) is 0 Å². The Kier molecular flexibility index (Phi) is 6.57. The summed E-state index contributed by atoms with van der Waals surface area (Å²) in [6, 6.07) is 5.31. The quantitative estimate of drug-likeness (QED) is 0.426. The third-order valence-electron chi connectivity index (χ3n) is 3.80. The Morgan fingerprint density at radius 3 is 2.79 bits per heavy atom. The number of hydrogen-bond acceptors (Lipinski definition) is 5. The molecule has 0 aliphatic carbocycles. The number of nitrogens with zero attached hydrogens (tertiary/aromatic N) is 2. The van der Waals surface area contributed by atoms with Crippen LogP contribution in [-0.4, -0.2) is 36.4 Å². The minimum atomic E-state index is -0.383. The van der Waals surface area contributed by atoms with Crippen LogP contribution >= 0.6 is 11.6 Å². The third-order valence-corrected chi connectivity index (χ3v) is 4.11. The van der Waals surface area contributed by atoms with Gasteiger partial charge < -0.3 is 9.74 Å². The van der Waals surface area contributed by atoms with E-state index in [2.05, 4.69) is 5.16 Å². The van der Waals surface area contributed by atoms with Gasteiger partial charge >= 0.3 is 0 Å². The van der Waals surface area contributed by atoms with Gasteiger partial charge in [-0.25, -0.2) is 5.48 Å². The van der Waals surface area contributed by atoms with Gasteiger partial charge in [0, 0.05) is 18.5 Å². The fourth-order valence-corrected chi connectivity index (χ4v) is 2.96. The Balaban J connectivity index is 1.95. The van der Waals surface area contributed by atoms with Crippen molar-refractivity contribution in [1.29, 1.82) is 0 Å². The molecule has 0 spiro atoms. The molecule has 0 bridgehead atoms. The molecule has 1 aromatic rings. The smallest absolute Gasteiger partial charge is 0.281 e. The van der Waals surface area contributed by atoms with E-state index in [1.165, 1.54) is 7.11 Å². The van der Waals surface area contributed by atoms with Crippen molar-refractivity contribution >= 4 is 34.8 Å². The van der Waals surface area contributed by atoms with E-state index in [0.717, 1.165) is 19.3 Å². The van der Waals surface area contributed by atoms with Crippen LogP contribution in [0.1, 0.15) is 37.7 Å². The molecule has 2 N–H and O–H groups in total. The summed E-state index contributed by atoms with van der Waals surface area (Å²) in [5.41, 5.74) is 3.21. The van der Waals surface area contributed by atoms with Gasteiger partial charge in [-0.15, -0.1) is 0 Å². The van der Waals surface area contributed by atoms with Crippen molar-refractivity contribution in [3.05, 3.63) is 28.8 Å². The van der Waals surface area contributed by atoms with Gasteiger partial charge in [0.25, 0.3) is 5.91 Å². The summed E-state index contributed by atoms with van der Waals surface area (Å²) in [6.07, 6.45) is 3.45. The molecular formula is C16H20ClN3O4. The zero-order valence-electron chi connectivity index (χ0n) is 13.4. The first-order chi connectivity index (χ1) is 11.6. The largest absolute Gasteiger partial charge is 0.398 e. The number of para-hydroxylation sites is 1. The predicted molar refractivity (Wildman–Crippen MR) is 90.4 cm³/mol. The Morgan fingerprint density at radius 1 is 1.33 bits per heavy atom. The summed E-state index contributed by atoms with van der Waals surface area (Å²) >= 11 is 6.25. The van der Waals surface area contributed by atoms with Crippen molar-refractivity contribution in [2.45, 2.75) is 32.1 Å². The van der Waals surface area contributed by atoms with Gasteiger partial charge in [-0.05, 0) is 18.9 Å². The molecule has 7 nitrogen and oxygen atoms in total. The Bertz CT molecular complexity index is 648. The average Bonchev–Trinajstić information content (AvgIpc) is 2.84. The SMILES string of the molecule is CON=C1C(=O)N(CCCCCCC(=O)NO)c2c(Cl)cccc21. The van der Waals surface area contributed by atoms with Crippen LogP contribution in [0, 0.1) is 0 Å². The molecule has 2 rings (SSSR count). The van der Waals surface area contributed by atoms with Gasteiger partial charge in [0.1, 0.15) is 7.11 Å². The molecule has 0 saturated heterocycles. The van der Waals surface area contributed by atoms with Crippen molar-refractivity contribution in [3.8, 4) is 0 Å². The molecule has 0 saturated carbocycles. The second-order valence-corrected chi connectivity index (χ2v) is 5.82. The number of oxime groups is 1. The molecule has 1 aliphatic heterocycles. The van der Waals surface area contributed by atoms with Crippen LogP contribution in [0.4, 0.5) is 5.69 Å². The monoisotopic (exact) mass is 353 g/mol. The lowest BCUT2D eigenvalue weighted by atomic mass is 10.1. The number of fused-ring (bicyclic) bond motifs is 1. The van der Waals surface area contributed by atoms with Crippen LogP contribution in [0.25, 0.3) is 0 Å². The number of unbranched alkanes of at least 4 members (excludes halogenated alkanes) is 3. The van der Waals surface area contributed by atoms with E-state index in [1.54, 1.807) is 28.6 Å². The summed E-state index contributed by atoms with van der Waals surface area (Å²) in [5, 5.41) is 12.7. The molecule has 130 valence electrons. The standard InChI is InChI=1S/C16H20ClN3O4/c1-24-19-14-11-7-6-8-12(17)15(11)20(16(14)22)10-5-3-2-4-9-13(21)18-23/h6-8,23H,2-5,9-10H2,1H3,(H,18,21). The summed E-state index contributed by atoms with van der Waals surface area (Å²) in [6.45, 7) is 0.518. The van der Waals surface area contributed by atoms with Crippen LogP contribution in [0.5, 0.6) is 0 Å². The highest BCUT2D eigenvalue weighted by molar-refractivity contribution is 6.55. The molecule has 8 heteroatoms. The number of carbonyl (C=O) groups is 2. The van der Waals surface area contributed by atoms with Gasteiger partial charge in [-0.3, -0.25) is 14.8 Å². The highest BCUT2D eigenvalue weighted by Crippen LogP contribution is 2.36. The molecule has 0 aromatic heterocycles. The number of amides is 2. The van der Waals surface area contributed by atoms with Crippen LogP contribution in [0.3, 0.4) is 0 Å². The van der Waals surface area contributed by atoms with Gasteiger partial charge in [-0.1, -0.05) is 41.7 Å². The van der Waals surface area contributed by atoms with Crippen molar-refractivity contribution in [2.24, 2.45) is 5.16 Å². The Hall–Kier alpha value is -2.12. The third kappa shape index (κ3) is 4.04. The lowest BCUT2D eigenvalue weighted by Gasteiger charge is -2.17. The minimum absolute atomic E-state index is 0.223. The van der Waals surface area contributed by atoms with E-state index >= 15 is 0 Å². The van der Waals surface area contributed by atoms with E-state index in [4.69, 9.17) is 21.6 Å². The number of nitrogens with one attached hydrogen (secondary N) is 1. The van der Waals surface area contributed by atoms with Gasteiger partial charge in [0.15, 0.2) is 5.71 Å². The summed E-state index contributed by atoms with van der Waals surface area (Å²) in [5.74, 6) is -0.606. The number of carbonyl (C=O) groups excluding carboxylic acids is 2. The van der Waals surface area contributed by atoms with Crippen molar-refractivity contribution in [1.82, 2.24) is 5.48 Å². The molecule has 1 aliphatic rings. The zero-order chi connectivity index (χ0) is 17.5. The molecule has 2 amide bonds. The zero-order valence-corrected chi connectivity index (χ0v) is 14.2. The molecule has 24 heavy (non-hydrogen) atoms. The van der Waals surface area contributed by atoms with Gasteiger partial charge in [-0.2, -0.15) is 0 Å². The number of halogens is 1. The molecular weight excluding hydrogens is 334 g/mol. The molecule has 1 heterocycles. The number of benzene rings is 1. The molecule has 0 radical (unpaired) electrons. The lowest BCUT2D eigenvalue weighted by Crippen LogP contribution is -2.31. The first-order valence-corrected chi connectivity index (χ1v) is 8.12. The maximum Gasteiger partial charge on any atom is 0.281 e. The van der Waals surface area contributed by atoms with Crippen LogP contribution in [0.2, 0.25) is 5.02 Å². The molecule has 0 unspecified atom stereocenters. The number of hydrogen-bond donors (Lipinski definition) is 2. The fourth-order valence-electron chi connectivity index (χ4n) is 2.68. The highest BCUT2D eigenvalue weighted by atomic mass is 35.5. The van der Waals surface area contributed by atoms with Crippen molar-refractivity contribution < 1.29 is 19.6 Å². The summed E-state index contributed by atoms with van der Waals surface area (Å²) in [7, 11) is 1.40. The number of anilines is 1. The summed E-state index contributed by atoms with van der Waals surface area (Å²) in [4.78, 5) is 29.8. The second kappa shape index (κ2) is 8.65. The minimum Gasteiger partial charge on any atom is -0.398 e. The normalized spacial score (nSPS) is 14.9. The maximum atomic E-state index is 12.5. The number of hydroxylamine groups is 1. The molecule has 0 atom stereocenters. The lowest BCUT2D eigenvalue weighted by molar-refractivity contribution is -0.129. The van der Waals surface area contributed by atoms with Crippen molar-refractivity contribution in [2.75, 3.05) is 18.6 Å².